The number of anilines is 1. The molecule has 3 aromatic rings. The van der Waals surface area contributed by atoms with Crippen LogP contribution in [-0.4, -0.2) is 57.6 Å². The molecule has 1 atom stereocenters. The third-order valence-electron chi connectivity index (χ3n) is 6.41. The van der Waals surface area contributed by atoms with Crippen molar-refractivity contribution in [3.05, 3.63) is 95.8 Å². The lowest BCUT2D eigenvalue weighted by atomic mass is 10.0. The van der Waals surface area contributed by atoms with Crippen LogP contribution in [0, 0.1) is 5.82 Å². The molecule has 8 nitrogen and oxygen atoms in total. The number of methoxy groups -OCH3 is 1. The Morgan fingerprint density at radius 2 is 1.70 bits per heavy atom. The number of rotatable bonds is 14. The van der Waals surface area contributed by atoms with Crippen molar-refractivity contribution in [3.8, 4) is 5.75 Å². The number of ether oxygens (including phenoxy) is 1. The minimum atomic E-state index is -3.65. The molecule has 3 rings (SSSR count). The van der Waals surface area contributed by atoms with Crippen LogP contribution in [0.1, 0.15) is 30.9 Å². The van der Waals surface area contributed by atoms with E-state index < -0.39 is 21.9 Å². The van der Waals surface area contributed by atoms with E-state index in [1.807, 2.05) is 30.3 Å². The number of hydrogen-bond donors (Lipinski definition) is 1. The first-order valence-corrected chi connectivity index (χ1v) is 14.9. The first-order valence-electron chi connectivity index (χ1n) is 13.1. The van der Waals surface area contributed by atoms with Crippen LogP contribution in [0.2, 0.25) is 0 Å². The van der Waals surface area contributed by atoms with Crippen LogP contribution < -0.4 is 14.4 Å². The van der Waals surface area contributed by atoms with Gasteiger partial charge >= 0.3 is 0 Å². The van der Waals surface area contributed by atoms with Gasteiger partial charge in [0.2, 0.25) is 21.8 Å². The van der Waals surface area contributed by atoms with E-state index in [1.54, 1.807) is 49.4 Å². The molecular weight excluding hydrogens is 533 g/mol. The van der Waals surface area contributed by atoms with E-state index in [4.69, 9.17) is 4.74 Å². The number of halogens is 1. The number of carbonyl (C=O) groups excluding carboxylic acids is 2. The zero-order chi connectivity index (χ0) is 29.1. The molecule has 3 aromatic carbocycles. The number of nitrogens with one attached hydrogen (secondary N) is 1. The van der Waals surface area contributed by atoms with Gasteiger partial charge in [0.05, 0.1) is 19.1 Å². The average molecular weight is 570 g/mol. The number of amides is 2. The second kappa shape index (κ2) is 14.5. The van der Waals surface area contributed by atoms with E-state index in [0.29, 0.717) is 18.0 Å². The molecule has 40 heavy (non-hydrogen) atoms. The molecule has 0 radical (unpaired) electrons. The van der Waals surface area contributed by atoms with Crippen molar-refractivity contribution in [2.45, 2.75) is 38.8 Å². The van der Waals surface area contributed by atoms with Crippen molar-refractivity contribution in [2.75, 3.05) is 30.8 Å². The summed E-state index contributed by atoms with van der Waals surface area (Å²) in [4.78, 5) is 28.3. The summed E-state index contributed by atoms with van der Waals surface area (Å²) in [6, 6.07) is 21.2. The summed E-state index contributed by atoms with van der Waals surface area (Å²) in [5.41, 5.74) is 1.56. The summed E-state index contributed by atoms with van der Waals surface area (Å²) in [6.45, 7) is 2.09. The molecule has 0 heterocycles. The highest BCUT2D eigenvalue weighted by Crippen LogP contribution is 2.24. The van der Waals surface area contributed by atoms with Gasteiger partial charge < -0.3 is 15.0 Å². The lowest BCUT2D eigenvalue weighted by molar-refractivity contribution is -0.141. The summed E-state index contributed by atoms with van der Waals surface area (Å²) < 4.78 is 46.3. The van der Waals surface area contributed by atoms with Crippen LogP contribution in [0.4, 0.5) is 10.1 Å². The highest BCUT2D eigenvalue weighted by Gasteiger charge is 2.31. The van der Waals surface area contributed by atoms with Gasteiger partial charge in [-0.3, -0.25) is 13.9 Å². The van der Waals surface area contributed by atoms with Gasteiger partial charge in [0, 0.05) is 44.1 Å². The van der Waals surface area contributed by atoms with E-state index in [0.717, 1.165) is 11.8 Å². The lowest BCUT2D eigenvalue weighted by Crippen LogP contribution is -2.50. The maximum atomic E-state index is 14.7. The van der Waals surface area contributed by atoms with Crippen LogP contribution in [0.3, 0.4) is 0 Å². The van der Waals surface area contributed by atoms with Gasteiger partial charge in [-0.05, 0) is 37.1 Å². The van der Waals surface area contributed by atoms with Crippen LogP contribution >= 0.6 is 0 Å². The summed E-state index contributed by atoms with van der Waals surface area (Å²) in [6.07, 6.45) is 1.48. The Labute approximate surface area is 235 Å². The van der Waals surface area contributed by atoms with Gasteiger partial charge in [-0.2, -0.15) is 0 Å². The average Bonchev–Trinajstić information content (AvgIpc) is 2.93. The largest absolute Gasteiger partial charge is 0.497 e. The molecule has 0 saturated carbocycles. The number of benzene rings is 3. The van der Waals surface area contributed by atoms with Crippen molar-refractivity contribution in [1.29, 1.82) is 0 Å². The van der Waals surface area contributed by atoms with Gasteiger partial charge in [-0.1, -0.05) is 54.6 Å². The van der Waals surface area contributed by atoms with Crippen LogP contribution in [0.5, 0.6) is 5.75 Å². The normalized spacial score (nSPS) is 11.9. The highest BCUT2D eigenvalue weighted by atomic mass is 32.2. The number of hydrogen-bond acceptors (Lipinski definition) is 5. The van der Waals surface area contributed by atoms with Gasteiger partial charge in [-0.25, -0.2) is 12.8 Å². The summed E-state index contributed by atoms with van der Waals surface area (Å²) >= 11 is 0. The molecule has 1 N–H and O–H groups in total. The van der Waals surface area contributed by atoms with Crippen molar-refractivity contribution in [3.63, 3.8) is 0 Å². The van der Waals surface area contributed by atoms with Crippen LogP contribution in [0.15, 0.2) is 78.9 Å². The van der Waals surface area contributed by atoms with Crippen molar-refractivity contribution in [2.24, 2.45) is 0 Å². The topological polar surface area (TPSA) is 96.0 Å². The maximum absolute atomic E-state index is 14.7. The van der Waals surface area contributed by atoms with Gasteiger partial charge in [0.15, 0.2) is 0 Å². The molecular formula is C30H36FN3O5S. The quantitative estimate of drug-likeness (QED) is 0.315. The van der Waals surface area contributed by atoms with Gasteiger partial charge in [0.1, 0.15) is 17.6 Å². The third kappa shape index (κ3) is 8.54. The van der Waals surface area contributed by atoms with Gasteiger partial charge in [0.25, 0.3) is 0 Å². The first-order chi connectivity index (χ1) is 19.1. The Bertz CT molecular complexity index is 1380. The molecule has 0 fully saturated rings. The van der Waals surface area contributed by atoms with E-state index in [-0.39, 0.29) is 49.7 Å². The fourth-order valence-corrected chi connectivity index (χ4v) is 5.38. The Kier molecular flexibility index (Phi) is 11.1. The molecule has 2 amide bonds. The van der Waals surface area contributed by atoms with Crippen molar-refractivity contribution in [1.82, 2.24) is 10.2 Å². The lowest BCUT2D eigenvalue weighted by Gasteiger charge is -2.32. The number of nitrogens with zero attached hydrogens (tertiary/aromatic N) is 2. The summed E-state index contributed by atoms with van der Waals surface area (Å²) in [7, 11) is -2.16. The van der Waals surface area contributed by atoms with E-state index >= 15 is 0 Å². The second-order valence-corrected chi connectivity index (χ2v) is 11.3. The van der Waals surface area contributed by atoms with Crippen LogP contribution in [-0.2, 0) is 32.6 Å². The molecule has 0 aliphatic heterocycles. The van der Waals surface area contributed by atoms with Gasteiger partial charge in [-0.15, -0.1) is 0 Å². The number of carbonyl (C=O) groups is 2. The summed E-state index contributed by atoms with van der Waals surface area (Å²) in [5, 5.41) is 2.80. The fourth-order valence-electron chi connectivity index (χ4n) is 4.43. The van der Waals surface area contributed by atoms with Crippen molar-refractivity contribution >= 4 is 27.5 Å². The Morgan fingerprint density at radius 3 is 2.35 bits per heavy atom. The fraction of sp³-hybridized carbons (Fsp3) is 0.333. The molecule has 1 unspecified atom stereocenters. The minimum Gasteiger partial charge on any atom is -0.497 e. The summed E-state index contributed by atoms with van der Waals surface area (Å²) in [5.74, 6) is -0.695. The standard InChI is InChI=1S/C30H36FN3O5S/c1-4-32-30(36)28(20-23-12-6-5-7-13-23)33(22-24-14-8-9-17-27(24)31)29(35)18-11-19-34(40(3,37)38)25-15-10-16-26(21-25)39-2/h5-10,12-17,21,28H,4,11,18-20,22H2,1-3H3,(H,32,36). The molecule has 0 bridgehead atoms. The molecule has 0 spiro atoms. The second-order valence-electron chi connectivity index (χ2n) is 9.35. The number of sulfonamides is 1. The predicted molar refractivity (Wildman–Crippen MR) is 154 cm³/mol. The Balaban J connectivity index is 1.87. The molecule has 0 aliphatic rings. The minimum absolute atomic E-state index is 0.0375. The zero-order valence-electron chi connectivity index (χ0n) is 23.0. The molecule has 10 heteroatoms. The Morgan fingerprint density at radius 1 is 1.00 bits per heavy atom. The molecule has 0 aromatic heterocycles. The first kappa shape index (κ1) is 30.6. The van der Waals surface area contributed by atoms with E-state index in [1.165, 1.54) is 22.4 Å². The zero-order valence-corrected chi connectivity index (χ0v) is 23.9. The van der Waals surface area contributed by atoms with Crippen LogP contribution in [0.25, 0.3) is 0 Å². The van der Waals surface area contributed by atoms with E-state index in [2.05, 4.69) is 5.32 Å². The highest BCUT2D eigenvalue weighted by molar-refractivity contribution is 7.92. The molecule has 0 saturated heterocycles. The predicted octanol–water partition coefficient (Wildman–Crippen LogP) is 4.16. The molecule has 214 valence electrons. The Hall–Kier alpha value is -3.92. The smallest absolute Gasteiger partial charge is 0.243 e. The van der Waals surface area contributed by atoms with E-state index in [9.17, 15) is 22.4 Å². The SMILES string of the molecule is CCNC(=O)C(Cc1ccccc1)N(Cc1ccccc1F)C(=O)CCCN(c1cccc(OC)c1)S(C)(=O)=O. The maximum Gasteiger partial charge on any atom is 0.243 e. The molecule has 0 aliphatic carbocycles. The number of likely N-dealkylation sites (N-methyl/N-ethyl adjacent to an activating group) is 1. The monoisotopic (exact) mass is 569 g/mol. The van der Waals surface area contributed by atoms with Crippen molar-refractivity contribution < 1.29 is 27.1 Å². The third-order valence-corrected chi connectivity index (χ3v) is 7.61.